The third-order valence-electron chi connectivity index (χ3n) is 7.11. The van der Waals surface area contributed by atoms with Crippen molar-refractivity contribution in [2.75, 3.05) is 25.5 Å². The first-order chi connectivity index (χ1) is 15.5. The van der Waals surface area contributed by atoms with E-state index in [2.05, 4.69) is 70.3 Å². The molecular formula is C27H30N4O. The summed E-state index contributed by atoms with van der Waals surface area (Å²) < 4.78 is 0. The number of benzene rings is 2. The molecule has 2 aliphatic rings. The average Bonchev–Trinajstić information content (AvgIpc) is 2.79. The summed E-state index contributed by atoms with van der Waals surface area (Å²) in [5, 5.41) is 0. The number of amides is 1. The second-order valence-corrected chi connectivity index (χ2v) is 9.37. The van der Waals surface area contributed by atoms with Crippen molar-refractivity contribution in [2.24, 2.45) is 0 Å². The standard InChI is InChI=1S/C27H30N4O/c1-19-5-7-20(8-6-19)27(14-4-15-27)21-9-11-22(12-10-21)31-16-13-23-25(18-31)29-24(17-28-23)26(32)30(2)3/h5-12,17H,4,13-16,18H2,1-3H3. The van der Waals surface area contributed by atoms with Crippen LogP contribution >= 0.6 is 0 Å². The molecule has 164 valence electrons. The number of hydrogen-bond donors (Lipinski definition) is 0. The highest BCUT2D eigenvalue weighted by Gasteiger charge is 2.40. The van der Waals surface area contributed by atoms with Crippen molar-refractivity contribution >= 4 is 11.6 Å². The van der Waals surface area contributed by atoms with E-state index in [1.165, 1.54) is 41.6 Å². The Morgan fingerprint density at radius 3 is 2.22 bits per heavy atom. The van der Waals surface area contributed by atoms with Gasteiger partial charge in [-0.3, -0.25) is 9.78 Å². The third kappa shape index (κ3) is 3.56. The van der Waals surface area contributed by atoms with E-state index in [4.69, 9.17) is 0 Å². The summed E-state index contributed by atoms with van der Waals surface area (Å²) in [6.07, 6.45) is 6.16. The average molecular weight is 427 g/mol. The van der Waals surface area contributed by atoms with E-state index in [1.807, 2.05) is 0 Å². The number of aromatic nitrogens is 2. The Morgan fingerprint density at radius 2 is 1.62 bits per heavy atom. The largest absolute Gasteiger partial charge is 0.365 e. The van der Waals surface area contributed by atoms with Crippen molar-refractivity contribution in [1.29, 1.82) is 0 Å². The highest BCUT2D eigenvalue weighted by Crippen LogP contribution is 2.49. The lowest BCUT2D eigenvalue weighted by Gasteiger charge is -2.43. The van der Waals surface area contributed by atoms with Crippen LogP contribution in [0.1, 0.15) is 57.8 Å². The molecule has 5 nitrogen and oxygen atoms in total. The predicted octanol–water partition coefficient (Wildman–Crippen LogP) is 4.52. The van der Waals surface area contributed by atoms with Gasteiger partial charge in [0, 0.05) is 38.2 Å². The summed E-state index contributed by atoms with van der Waals surface area (Å²) >= 11 is 0. The van der Waals surface area contributed by atoms with Gasteiger partial charge < -0.3 is 9.80 Å². The van der Waals surface area contributed by atoms with E-state index in [-0.39, 0.29) is 11.3 Å². The molecule has 0 spiro atoms. The molecule has 1 aliphatic heterocycles. The van der Waals surface area contributed by atoms with Crippen LogP contribution in [-0.2, 0) is 18.4 Å². The quantitative estimate of drug-likeness (QED) is 0.616. The van der Waals surface area contributed by atoms with Crippen LogP contribution in [0.4, 0.5) is 5.69 Å². The van der Waals surface area contributed by atoms with Gasteiger partial charge in [-0.25, -0.2) is 4.98 Å². The Kier molecular flexibility index (Phi) is 5.20. The van der Waals surface area contributed by atoms with Crippen molar-refractivity contribution in [3.8, 4) is 0 Å². The Hall–Kier alpha value is -3.21. The van der Waals surface area contributed by atoms with Crippen LogP contribution in [0.15, 0.2) is 54.7 Å². The Labute approximate surface area is 190 Å². The van der Waals surface area contributed by atoms with Crippen molar-refractivity contribution in [2.45, 2.75) is 44.6 Å². The number of nitrogens with zero attached hydrogens (tertiary/aromatic N) is 4. The molecule has 0 saturated heterocycles. The first-order valence-electron chi connectivity index (χ1n) is 11.5. The topological polar surface area (TPSA) is 49.3 Å². The number of rotatable bonds is 4. The van der Waals surface area contributed by atoms with Crippen molar-refractivity contribution < 1.29 is 4.79 Å². The molecule has 2 heterocycles. The van der Waals surface area contributed by atoms with Gasteiger partial charge in [-0.05, 0) is 43.0 Å². The molecule has 5 rings (SSSR count). The summed E-state index contributed by atoms with van der Waals surface area (Å²) in [6, 6.07) is 18.2. The number of carbonyl (C=O) groups excluding carboxylic acids is 1. The van der Waals surface area contributed by atoms with Gasteiger partial charge >= 0.3 is 0 Å². The molecule has 0 radical (unpaired) electrons. The van der Waals surface area contributed by atoms with Gasteiger partial charge in [0.05, 0.1) is 24.1 Å². The van der Waals surface area contributed by atoms with E-state index < -0.39 is 0 Å². The first kappa shape index (κ1) is 20.7. The van der Waals surface area contributed by atoms with Crippen LogP contribution in [0.3, 0.4) is 0 Å². The molecule has 0 atom stereocenters. The summed E-state index contributed by atoms with van der Waals surface area (Å²) in [6.45, 7) is 3.73. The highest BCUT2D eigenvalue weighted by molar-refractivity contribution is 5.91. The molecule has 1 saturated carbocycles. The maximum atomic E-state index is 12.3. The normalized spacial score (nSPS) is 16.8. The third-order valence-corrected chi connectivity index (χ3v) is 7.11. The SMILES string of the molecule is Cc1ccc(C2(c3ccc(N4CCc5ncc(C(=O)N(C)C)nc5C4)cc3)CCC2)cc1. The maximum absolute atomic E-state index is 12.3. The van der Waals surface area contributed by atoms with Gasteiger partial charge in [0.15, 0.2) is 0 Å². The van der Waals surface area contributed by atoms with Crippen LogP contribution < -0.4 is 4.90 Å². The van der Waals surface area contributed by atoms with Crippen LogP contribution in [0.2, 0.25) is 0 Å². The second-order valence-electron chi connectivity index (χ2n) is 9.37. The van der Waals surface area contributed by atoms with Crippen LogP contribution in [-0.4, -0.2) is 41.4 Å². The molecule has 2 aromatic carbocycles. The van der Waals surface area contributed by atoms with Gasteiger partial charge in [-0.2, -0.15) is 0 Å². The van der Waals surface area contributed by atoms with E-state index in [1.54, 1.807) is 25.2 Å². The molecule has 0 unspecified atom stereocenters. The minimum absolute atomic E-state index is 0.108. The predicted molar refractivity (Wildman–Crippen MR) is 127 cm³/mol. The Bertz CT molecular complexity index is 1130. The lowest BCUT2D eigenvalue weighted by atomic mass is 9.60. The minimum atomic E-state index is -0.108. The summed E-state index contributed by atoms with van der Waals surface area (Å²) in [5.41, 5.74) is 7.83. The molecule has 1 fully saturated rings. The zero-order chi connectivity index (χ0) is 22.3. The lowest BCUT2D eigenvalue weighted by molar-refractivity contribution is 0.0821. The molecular weight excluding hydrogens is 396 g/mol. The number of hydrogen-bond acceptors (Lipinski definition) is 4. The van der Waals surface area contributed by atoms with Gasteiger partial charge in [0.1, 0.15) is 5.69 Å². The van der Waals surface area contributed by atoms with E-state index in [0.29, 0.717) is 12.2 Å². The second kappa shape index (κ2) is 8.05. The minimum Gasteiger partial charge on any atom is -0.365 e. The van der Waals surface area contributed by atoms with E-state index in [0.717, 1.165) is 24.4 Å². The first-order valence-corrected chi connectivity index (χ1v) is 11.5. The van der Waals surface area contributed by atoms with Gasteiger partial charge in [0.2, 0.25) is 0 Å². The number of fused-ring (bicyclic) bond motifs is 1. The van der Waals surface area contributed by atoms with Crippen molar-refractivity contribution in [1.82, 2.24) is 14.9 Å². The fraction of sp³-hybridized carbons (Fsp3) is 0.370. The molecule has 32 heavy (non-hydrogen) atoms. The van der Waals surface area contributed by atoms with Crippen LogP contribution in [0.25, 0.3) is 0 Å². The summed E-state index contributed by atoms with van der Waals surface area (Å²) in [4.78, 5) is 25.3. The summed E-state index contributed by atoms with van der Waals surface area (Å²) in [7, 11) is 3.48. The zero-order valence-corrected chi connectivity index (χ0v) is 19.1. The number of carbonyl (C=O) groups is 1. The van der Waals surface area contributed by atoms with E-state index in [9.17, 15) is 4.79 Å². The molecule has 5 heteroatoms. The Morgan fingerprint density at radius 1 is 0.969 bits per heavy atom. The zero-order valence-electron chi connectivity index (χ0n) is 19.1. The Balaban J connectivity index is 1.38. The van der Waals surface area contributed by atoms with Crippen LogP contribution in [0, 0.1) is 6.92 Å². The molecule has 1 aliphatic carbocycles. The van der Waals surface area contributed by atoms with E-state index >= 15 is 0 Å². The fourth-order valence-electron chi connectivity index (χ4n) is 4.98. The summed E-state index contributed by atoms with van der Waals surface area (Å²) in [5.74, 6) is -0.108. The number of anilines is 1. The smallest absolute Gasteiger partial charge is 0.273 e. The molecule has 1 amide bonds. The van der Waals surface area contributed by atoms with Crippen molar-refractivity contribution in [3.63, 3.8) is 0 Å². The monoisotopic (exact) mass is 426 g/mol. The highest BCUT2D eigenvalue weighted by atomic mass is 16.2. The molecule has 0 bridgehead atoms. The molecule has 3 aromatic rings. The van der Waals surface area contributed by atoms with Crippen molar-refractivity contribution in [3.05, 3.63) is 88.5 Å². The van der Waals surface area contributed by atoms with Crippen LogP contribution in [0.5, 0.6) is 0 Å². The van der Waals surface area contributed by atoms with Gasteiger partial charge in [-0.1, -0.05) is 48.4 Å². The lowest BCUT2D eigenvalue weighted by Crippen LogP contribution is -2.36. The number of aryl methyl sites for hydroxylation is 1. The molecule has 1 aromatic heterocycles. The fourth-order valence-corrected chi connectivity index (χ4v) is 4.98. The maximum Gasteiger partial charge on any atom is 0.273 e. The molecule has 0 N–H and O–H groups in total. The van der Waals surface area contributed by atoms with Gasteiger partial charge in [0.25, 0.3) is 5.91 Å². The van der Waals surface area contributed by atoms with Gasteiger partial charge in [-0.15, -0.1) is 0 Å².